The van der Waals surface area contributed by atoms with E-state index in [1.54, 1.807) is 24.3 Å². The Morgan fingerprint density at radius 2 is 1.73 bits per heavy atom. The van der Waals surface area contributed by atoms with Crippen LogP contribution in [-0.2, 0) is 14.8 Å². The Morgan fingerprint density at radius 3 is 2.27 bits per heavy atom. The lowest BCUT2D eigenvalue weighted by Gasteiger charge is -2.45. The summed E-state index contributed by atoms with van der Waals surface area (Å²) in [5, 5.41) is 4.15. The second-order valence-corrected chi connectivity index (χ2v) is 11.2. The quantitative estimate of drug-likeness (QED) is 0.680. The standard InChI is InChI=1S/C22H34ClN3O3S/c1-5-16(3)15-26-21(27)20(17(4)6-2)24-22(26)11-13-25(14-12-22)30(28,29)19-9-7-18(23)8-10-19/h7-10,16-17,20,24H,5-6,11-15H2,1-4H3/t16-,17-,20+/m0/s1. The van der Waals surface area contributed by atoms with Crippen LogP contribution in [-0.4, -0.2) is 54.9 Å². The number of rotatable bonds is 7. The van der Waals surface area contributed by atoms with E-state index in [-0.39, 0.29) is 22.8 Å². The number of hydrogen-bond donors (Lipinski definition) is 1. The van der Waals surface area contributed by atoms with E-state index in [0.717, 1.165) is 12.8 Å². The van der Waals surface area contributed by atoms with E-state index in [2.05, 4.69) is 33.0 Å². The maximum Gasteiger partial charge on any atom is 0.243 e. The molecule has 0 unspecified atom stereocenters. The fourth-order valence-corrected chi connectivity index (χ4v) is 5.97. The molecule has 6 nitrogen and oxygen atoms in total. The molecule has 2 aliphatic heterocycles. The first kappa shape index (κ1) is 23.5. The molecule has 0 bridgehead atoms. The number of carbonyl (C=O) groups excluding carboxylic acids is 1. The van der Waals surface area contributed by atoms with Crippen molar-refractivity contribution < 1.29 is 13.2 Å². The van der Waals surface area contributed by atoms with Gasteiger partial charge in [-0.2, -0.15) is 4.31 Å². The molecule has 168 valence electrons. The van der Waals surface area contributed by atoms with Gasteiger partial charge >= 0.3 is 0 Å². The molecule has 30 heavy (non-hydrogen) atoms. The van der Waals surface area contributed by atoms with Gasteiger partial charge in [0.1, 0.15) is 0 Å². The Bertz CT molecular complexity index is 851. The first-order chi connectivity index (χ1) is 14.1. The van der Waals surface area contributed by atoms with E-state index in [9.17, 15) is 13.2 Å². The van der Waals surface area contributed by atoms with E-state index in [4.69, 9.17) is 11.6 Å². The van der Waals surface area contributed by atoms with Gasteiger partial charge in [-0.15, -0.1) is 0 Å². The van der Waals surface area contributed by atoms with Crippen LogP contribution in [0.2, 0.25) is 5.02 Å². The summed E-state index contributed by atoms with van der Waals surface area (Å²) < 4.78 is 27.7. The Labute approximate surface area is 186 Å². The van der Waals surface area contributed by atoms with Crippen molar-refractivity contribution in [2.24, 2.45) is 11.8 Å². The van der Waals surface area contributed by atoms with Gasteiger partial charge in [-0.05, 0) is 48.9 Å². The maximum atomic E-state index is 13.3. The second-order valence-electron chi connectivity index (χ2n) is 8.86. The van der Waals surface area contributed by atoms with Crippen molar-refractivity contribution in [2.45, 2.75) is 70.0 Å². The van der Waals surface area contributed by atoms with Gasteiger partial charge in [-0.3, -0.25) is 10.1 Å². The number of hydrogen-bond acceptors (Lipinski definition) is 4. The van der Waals surface area contributed by atoms with Crippen LogP contribution in [0.25, 0.3) is 0 Å². The number of sulfonamides is 1. The van der Waals surface area contributed by atoms with Gasteiger partial charge < -0.3 is 4.90 Å². The van der Waals surface area contributed by atoms with Gasteiger partial charge in [-0.1, -0.05) is 52.1 Å². The van der Waals surface area contributed by atoms with E-state index in [1.807, 2.05) is 4.90 Å². The molecule has 2 aliphatic rings. The Morgan fingerprint density at radius 1 is 1.13 bits per heavy atom. The minimum absolute atomic E-state index is 0.165. The average molecular weight is 456 g/mol. The molecule has 3 atom stereocenters. The van der Waals surface area contributed by atoms with E-state index >= 15 is 0 Å². The highest BCUT2D eigenvalue weighted by atomic mass is 35.5. The van der Waals surface area contributed by atoms with Crippen LogP contribution in [0.3, 0.4) is 0 Å². The summed E-state index contributed by atoms with van der Waals surface area (Å²) in [6.07, 6.45) is 3.11. The summed E-state index contributed by atoms with van der Waals surface area (Å²) in [4.78, 5) is 15.6. The van der Waals surface area contributed by atoms with Crippen molar-refractivity contribution >= 4 is 27.5 Å². The largest absolute Gasteiger partial charge is 0.323 e. The predicted molar refractivity (Wildman–Crippen MR) is 120 cm³/mol. The van der Waals surface area contributed by atoms with Crippen molar-refractivity contribution in [1.82, 2.24) is 14.5 Å². The number of piperidine rings is 1. The Hall–Kier alpha value is -1.15. The number of halogens is 1. The third-order valence-electron chi connectivity index (χ3n) is 6.88. The highest BCUT2D eigenvalue weighted by Crippen LogP contribution is 2.37. The molecule has 0 aliphatic carbocycles. The molecule has 0 saturated carbocycles. The smallest absolute Gasteiger partial charge is 0.243 e. The molecule has 1 aromatic rings. The summed E-state index contributed by atoms with van der Waals surface area (Å²) in [6, 6.07) is 6.10. The fourth-order valence-electron chi connectivity index (χ4n) is 4.40. The molecule has 0 radical (unpaired) electrons. The number of amides is 1. The topological polar surface area (TPSA) is 69.7 Å². The zero-order chi connectivity index (χ0) is 22.1. The van der Waals surface area contributed by atoms with E-state index in [1.165, 1.54) is 4.31 Å². The molecule has 1 amide bonds. The molecule has 1 spiro atoms. The van der Waals surface area contributed by atoms with Gasteiger partial charge in [0.25, 0.3) is 0 Å². The minimum atomic E-state index is -3.57. The molecule has 0 aromatic heterocycles. The van der Waals surface area contributed by atoms with Crippen LogP contribution in [0.4, 0.5) is 0 Å². The van der Waals surface area contributed by atoms with Gasteiger partial charge in [-0.25, -0.2) is 8.42 Å². The third-order valence-corrected chi connectivity index (χ3v) is 9.04. The van der Waals surface area contributed by atoms with Crippen molar-refractivity contribution in [1.29, 1.82) is 0 Å². The van der Waals surface area contributed by atoms with Crippen LogP contribution < -0.4 is 5.32 Å². The zero-order valence-corrected chi connectivity index (χ0v) is 20.0. The van der Waals surface area contributed by atoms with Crippen LogP contribution >= 0.6 is 11.6 Å². The lowest BCUT2D eigenvalue weighted by atomic mass is 9.95. The molecular formula is C22H34ClN3O3S. The lowest BCUT2D eigenvalue weighted by Crippen LogP contribution is -2.60. The second kappa shape index (κ2) is 9.15. The fraction of sp³-hybridized carbons (Fsp3) is 0.682. The summed E-state index contributed by atoms with van der Waals surface area (Å²) in [5.41, 5.74) is -0.458. The van der Waals surface area contributed by atoms with E-state index < -0.39 is 15.7 Å². The highest BCUT2D eigenvalue weighted by molar-refractivity contribution is 7.89. The zero-order valence-electron chi connectivity index (χ0n) is 18.4. The molecule has 2 fully saturated rings. The number of nitrogens with one attached hydrogen (secondary N) is 1. The molecular weight excluding hydrogens is 422 g/mol. The van der Waals surface area contributed by atoms with Crippen LogP contribution in [0, 0.1) is 11.8 Å². The van der Waals surface area contributed by atoms with Gasteiger partial charge in [0.15, 0.2) is 0 Å². The number of nitrogens with zero attached hydrogens (tertiary/aromatic N) is 2. The SMILES string of the molecule is CC[C@H](C)CN1C(=O)[C@@H]([C@@H](C)CC)NC12CCN(S(=O)(=O)c1ccc(Cl)cc1)CC2. The highest BCUT2D eigenvalue weighted by Gasteiger charge is 2.53. The van der Waals surface area contributed by atoms with Gasteiger partial charge in [0.05, 0.1) is 16.6 Å². The molecule has 1 N–H and O–H groups in total. The van der Waals surface area contributed by atoms with E-state index in [0.29, 0.717) is 43.4 Å². The summed E-state index contributed by atoms with van der Waals surface area (Å²) in [6.45, 7) is 9.99. The van der Waals surface area contributed by atoms with Crippen LogP contribution in [0.5, 0.6) is 0 Å². The summed E-state index contributed by atoms with van der Waals surface area (Å²) >= 11 is 5.91. The average Bonchev–Trinajstić information content (AvgIpc) is 2.99. The normalized spacial score (nSPS) is 24.4. The molecule has 2 heterocycles. The monoisotopic (exact) mass is 455 g/mol. The molecule has 8 heteroatoms. The number of benzene rings is 1. The lowest BCUT2D eigenvalue weighted by molar-refractivity contribution is -0.134. The van der Waals surface area contributed by atoms with Crippen molar-refractivity contribution in [3.05, 3.63) is 29.3 Å². The first-order valence-electron chi connectivity index (χ1n) is 11.0. The Kier molecular flexibility index (Phi) is 7.17. The third kappa shape index (κ3) is 4.40. The number of carbonyl (C=O) groups is 1. The molecule has 1 aromatic carbocycles. The van der Waals surface area contributed by atoms with Crippen LogP contribution in [0.15, 0.2) is 29.2 Å². The van der Waals surface area contributed by atoms with Gasteiger partial charge in [0.2, 0.25) is 15.9 Å². The van der Waals surface area contributed by atoms with Crippen molar-refractivity contribution in [3.63, 3.8) is 0 Å². The van der Waals surface area contributed by atoms with Gasteiger partial charge in [0, 0.05) is 24.7 Å². The molecule has 3 rings (SSSR count). The molecule has 2 saturated heterocycles. The predicted octanol–water partition coefficient (Wildman–Crippen LogP) is 3.71. The van der Waals surface area contributed by atoms with Crippen molar-refractivity contribution in [2.75, 3.05) is 19.6 Å². The summed E-state index contributed by atoms with van der Waals surface area (Å²) in [7, 11) is -3.57. The minimum Gasteiger partial charge on any atom is -0.323 e. The first-order valence-corrected chi connectivity index (χ1v) is 12.8. The Balaban J connectivity index is 1.81. The maximum absolute atomic E-state index is 13.3. The summed E-state index contributed by atoms with van der Waals surface area (Å²) in [5.74, 6) is 0.810. The van der Waals surface area contributed by atoms with Crippen molar-refractivity contribution in [3.8, 4) is 0 Å². The van der Waals surface area contributed by atoms with Crippen LogP contribution in [0.1, 0.15) is 53.4 Å².